The zero-order valence-electron chi connectivity index (χ0n) is 13.9. The quantitative estimate of drug-likeness (QED) is 0.743. The van der Waals surface area contributed by atoms with E-state index in [-0.39, 0.29) is 5.91 Å². The molecule has 0 aliphatic heterocycles. The number of nitrogens with one attached hydrogen (secondary N) is 1. The molecule has 0 unspecified atom stereocenters. The van der Waals surface area contributed by atoms with E-state index in [9.17, 15) is 9.59 Å². The number of methoxy groups -OCH3 is 1. The van der Waals surface area contributed by atoms with Gasteiger partial charge in [-0.15, -0.1) is 0 Å². The highest BCUT2D eigenvalue weighted by Crippen LogP contribution is 2.18. The van der Waals surface area contributed by atoms with Gasteiger partial charge in [-0.1, -0.05) is 18.2 Å². The summed E-state index contributed by atoms with van der Waals surface area (Å²) in [5.74, 6) is -0.149. The fraction of sp³-hybridized carbons (Fsp3) is 0.105. The maximum Gasteiger partial charge on any atom is 0.337 e. The van der Waals surface area contributed by atoms with Crippen molar-refractivity contribution in [1.29, 1.82) is 0 Å². The molecule has 6 heteroatoms. The van der Waals surface area contributed by atoms with E-state index in [1.54, 1.807) is 35.0 Å². The molecule has 0 atom stereocenters. The van der Waals surface area contributed by atoms with Gasteiger partial charge < -0.3 is 10.1 Å². The Labute approximate surface area is 145 Å². The van der Waals surface area contributed by atoms with Crippen LogP contribution in [0.25, 0.3) is 5.69 Å². The average molecular weight is 335 g/mol. The summed E-state index contributed by atoms with van der Waals surface area (Å²) >= 11 is 0. The van der Waals surface area contributed by atoms with Gasteiger partial charge in [-0.05, 0) is 43.3 Å². The van der Waals surface area contributed by atoms with Crippen molar-refractivity contribution in [3.8, 4) is 5.69 Å². The van der Waals surface area contributed by atoms with Gasteiger partial charge in [0.25, 0.3) is 5.91 Å². The van der Waals surface area contributed by atoms with Gasteiger partial charge in [0.1, 0.15) is 5.82 Å². The summed E-state index contributed by atoms with van der Waals surface area (Å²) in [6.45, 7) is 1.86. The van der Waals surface area contributed by atoms with Crippen LogP contribution in [0.3, 0.4) is 0 Å². The minimum absolute atomic E-state index is 0.284. The van der Waals surface area contributed by atoms with E-state index < -0.39 is 5.97 Å². The fourth-order valence-electron chi connectivity index (χ4n) is 2.42. The highest BCUT2D eigenvalue weighted by atomic mass is 16.5. The predicted octanol–water partition coefficient (Wildman–Crippen LogP) is 3.22. The molecule has 0 bridgehead atoms. The number of aryl methyl sites for hydroxylation is 1. The van der Waals surface area contributed by atoms with Crippen molar-refractivity contribution in [2.45, 2.75) is 6.92 Å². The van der Waals surface area contributed by atoms with Crippen molar-refractivity contribution in [2.75, 3.05) is 12.4 Å². The molecule has 0 spiro atoms. The van der Waals surface area contributed by atoms with Crippen molar-refractivity contribution in [3.05, 3.63) is 77.5 Å². The average Bonchev–Trinajstić information content (AvgIpc) is 3.02. The van der Waals surface area contributed by atoms with E-state index in [4.69, 9.17) is 0 Å². The molecule has 0 aliphatic rings. The summed E-state index contributed by atoms with van der Waals surface area (Å²) in [5.41, 5.74) is 2.47. The molecule has 0 saturated carbocycles. The van der Waals surface area contributed by atoms with E-state index in [0.29, 0.717) is 16.9 Å². The van der Waals surface area contributed by atoms with Crippen LogP contribution in [-0.4, -0.2) is 28.8 Å². The number of aromatic nitrogens is 2. The Balaban J connectivity index is 1.83. The van der Waals surface area contributed by atoms with Crippen LogP contribution in [0.5, 0.6) is 0 Å². The molecular formula is C19H17N3O3. The summed E-state index contributed by atoms with van der Waals surface area (Å²) in [5, 5.41) is 7.27. The van der Waals surface area contributed by atoms with Crippen LogP contribution in [0, 0.1) is 6.92 Å². The molecule has 25 heavy (non-hydrogen) atoms. The summed E-state index contributed by atoms with van der Waals surface area (Å²) in [6.07, 6.45) is 0. The Morgan fingerprint density at radius 1 is 1.00 bits per heavy atom. The number of anilines is 1. The van der Waals surface area contributed by atoms with Crippen LogP contribution >= 0.6 is 0 Å². The number of carbonyl (C=O) groups is 2. The van der Waals surface area contributed by atoms with Crippen LogP contribution in [0.1, 0.15) is 26.4 Å². The molecule has 3 rings (SSSR count). The lowest BCUT2D eigenvalue weighted by molar-refractivity contribution is 0.0600. The highest BCUT2D eigenvalue weighted by molar-refractivity contribution is 6.04. The molecule has 1 amide bonds. The number of benzene rings is 2. The Bertz CT molecular complexity index is 899. The fourth-order valence-corrected chi connectivity index (χ4v) is 2.42. The number of ether oxygens (including phenoxy) is 1. The summed E-state index contributed by atoms with van der Waals surface area (Å²) in [6, 6.07) is 17.6. The smallest absolute Gasteiger partial charge is 0.337 e. The number of hydrogen-bond donors (Lipinski definition) is 1. The van der Waals surface area contributed by atoms with E-state index in [2.05, 4.69) is 15.2 Å². The second-order valence-corrected chi connectivity index (χ2v) is 5.44. The van der Waals surface area contributed by atoms with E-state index >= 15 is 0 Å². The SMILES string of the molecule is COC(=O)c1ccc(C(=O)Nc2cc(C)nn2-c2ccccc2)cc1. The number of nitrogens with zero attached hydrogens (tertiary/aromatic N) is 2. The molecule has 126 valence electrons. The van der Waals surface area contributed by atoms with Gasteiger partial charge in [-0.2, -0.15) is 5.10 Å². The third-order valence-corrected chi connectivity index (χ3v) is 3.64. The first kappa shape index (κ1) is 16.4. The first-order valence-electron chi connectivity index (χ1n) is 7.70. The number of hydrogen-bond acceptors (Lipinski definition) is 4. The third-order valence-electron chi connectivity index (χ3n) is 3.64. The Morgan fingerprint density at radius 3 is 2.28 bits per heavy atom. The van der Waals surface area contributed by atoms with Gasteiger partial charge in [0, 0.05) is 11.6 Å². The maximum atomic E-state index is 12.5. The Hall–Kier alpha value is -3.41. The molecule has 2 aromatic carbocycles. The second kappa shape index (κ2) is 7.00. The van der Waals surface area contributed by atoms with Gasteiger partial charge in [-0.25, -0.2) is 9.48 Å². The van der Waals surface area contributed by atoms with Gasteiger partial charge in [0.05, 0.1) is 24.1 Å². The molecular weight excluding hydrogens is 318 g/mol. The largest absolute Gasteiger partial charge is 0.465 e. The molecule has 0 aliphatic carbocycles. The lowest BCUT2D eigenvalue weighted by Crippen LogP contribution is -2.15. The minimum Gasteiger partial charge on any atom is -0.465 e. The summed E-state index contributed by atoms with van der Waals surface area (Å²) in [7, 11) is 1.32. The lowest BCUT2D eigenvalue weighted by atomic mass is 10.1. The summed E-state index contributed by atoms with van der Waals surface area (Å²) in [4.78, 5) is 23.9. The molecule has 0 radical (unpaired) electrons. The molecule has 1 aromatic heterocycles. The van der Waals surface area contributed by atoms with E-state index in [1.165, 1.54) is 7.11 Å². The van der Waals surface area contributed by atoms with Crippen molar-refractivity contribution in [2.24, 2.45) is 0 Å². The van der Waals surface area contributed by atoms with Crippen molar-refractivity contribution >= 4 is 17.7 Å². The summed E-state index contributed by atoms with van der Waals surface area (Å²) < 4.78 is 6.33. The third kappa shape index (κ3) is 3.58. The molecule has 1 heterocycles. The van der Waals surface area contributed by atoms with Crippen LogP contribution in [0.4, 0.5) is 5.82 Å². The molecule has 1 N–H and O–H groups in total. The molecule has 6 nitrogen and oxygen atoms in total. The number of amides is 1. The normalized spacial score (nSPS) is 10.3. The second-order valence-electron chi connectivity index (χ2n) is 5.44. The topological polar surface area (TPSA) is 73.2 Å². The zero-order chi connectivity index (χ0) is 17.8. The van der Waals surface area contributed by atoms with Crippen LogP contribution in [-0.2, 0) is 4.74 Å². The Kier molecular flexibility index (Phi) is 4.61. The van der Waals surface area contributed by atoms with Gasteiger partial charge >= 0.3 is 5.97 Å². The lowest BCUT2D eigenvalue weighted by Gasteiger charge is -2.09. The predicted molar refractivity (Wildman–Crippen MR) is 94.0 cm³/mol. The standard InChI is InChI=1S/C19H17N3O3/c1-13-12-17(22(21-13)16-6-4-3-5-7-16)20-18(23)14-8-10-15(11-9-14)19(24)25-2/h3-12H,1-2H3,(H,20,23). The monoisotopic (exact) mass is 335 g/mol. The van der Waals surface area contributed by atoms with Gasteiger partial charge in [-0.3, -0.25) is 4.79 Å². The van der Waals surface area contributed by atoms with Crippen LogP contribution in [0.2, 0.25) is 0 Å². The Morgan fingerprint density at radius 2 is 1.64 bits per heavy atom. The highest BCUT2D eigenvalue weighted by Gasteiger charge is 2.13. The molecule has 3 aromatic rings. The van der Waals surface area contributed by atoms with Gasteiger partial charge in [0.15, 0.2) is 0 Å². The van der Waals surface area contributed by atoms with E-state index in [1.807, 2.05) is 37.3 Å². The number of esters is 1. The molecule has 0 fully saturated rings. The van der Waals surface area contributed by atoms with Crippen LogP contribution in [0.15, 0.2) is 60.7 Å². The van der Waals surface area contributed by atoms with Crippen LogP contribution < -0.4 is 5.32 Å². The number of para-hydroxylation sites is 1. The first-order valence-corrected chi connectivity index (χ1v) is 7.70. The number of rotatable bonds is 4. The van der Waals surface area contributed by atoms with Crippen molar-refractivity contribution < 1.29 is 14.3 Å². The number of carbonyl (C=O) groups excluding carboxylic acids is 2. The van der Waals surface area contributed by atoms with Gasteiger partial charge in [0.2, 0.25) is 0 Å². The van der Waals surface area contributed by atoms with Crippen molar-refractivity contribution in [1.82, 2.24) is 9.78 Å². The van der Waals surface area contributed by atoms with Crippen molar-refractivity contribution in [3.63, 3.8) is 0 Å². The minimum atomic E-state index is -0.440. The first-order chi connectivity index (χ1) is 12.1. The van der Waals surface area contributed by atoms with E-state index in [0.717, 1.165) is 11.4 Å². The zero-order valence-corrected chi connectivity index (χ0v) is 13.9. The molecule has 0 saturated heterocycles. The maximum absolute atomic E-state index is 12.5.